The highest BCUT2D eigenvalue weighted by molar-refractivity contribution is 5.62. The number of ether oxygens (including phenoxy) is 1. The molecule has 1 N–H and O–H groups in total. The third-order valence-corrected chi connectivity index (χ3v) is 2.89. The van der Waals surface area contributed by atoms with E-state index in [1.165, 1.54) is 4.40 Å². The maximum absolute atomic E-state index is 11.2. The maximum atomic E-state index is 11.2. The van der Waals surface area contributed by atoms with Crippen LogP contribution in [-0.4, -0.2) is 34.1 Å². The number of anilines is 1. The van der Waals surface area contributed by atoms with Crippen LogP contribution in [0.4, 0.5) is 11.6 Å². The van der Waals surface area contributed by atoms with Crippen molar-refractivity contribution in [3.05, 3.63) is 34.5 Å². The lowest BCUT2D eigenvalue weighted by Crippen LogP contribution is -2.09. The van der Waals surface area contributed by atoms with E-state index in [1.807, 2.05) is 0 Å². The second-order valence-electron chi connectivity index (χ2n) is 5.22. The average Bonchev–Trinajstić information content (AvgIpc) is 2.80. The van der Waals surface area contributed by atoms with Crippen molar-refractivity contribution in [2.45, 2.75) is 20.3 Å². The van der Waals surface area contributed by atoms with E-state index in [0.717, 1.165) is 13.0 Å². The Kier molecular flexibility index (Phi) is 5.10. The van der Waals surface area contributed by atoms with Gasteiger partial charge in [0.25, 0.3) is 0 Å². The van der Waals surface area contributed by atoms with Gasteiger partial charge < -0.3 is 20.2 Å². The van der Waals surface area contributed by atoms with E-state index < -0.39 is 4.92 Å². The van der Waals surface area contributed by atoms with Gasteiger partial charge in [0, 0.05) is 25.8 Å². The van der Waals surface area contributed by atoms with Gasteiger partial charge in [-0.15, -0.1) is 0 Å². The van der Waals surface area contributed by atoms with Crippen LogP contribution < -0.4 is 5.32 Å². The van der Waals surface area contributed by atoms with Crippen LogP contribution in [0.1, 0.15) is 20.3 Å². The minimum atomic E-state index is -0.419. The van der Waals surface area contributed by atoms with E-state index in [9.17, 15) is 10.1 Å². The van der Waals surface area contributed by atoms with Crippen molar-refractivity contribution in [2.75, 3.05) is 25.1 Å². The first-order valence-corrected chi connectivity index (χ1v) is 7.02. The molecule has 0 fully saturated rings. The highest BCUT2D eigenvalue weighted by atomic mass is 16.6. The second kappa shape index (κ2) is 7.03. The van der Waals surface area contributed by atoms with Gasteiger partial charge in [-0.05, 0) is 23.3 Å². The highest BCUT2D eigenvalue weighted by Crippen LogP contribution is 2.24. The Bertz CT molecular complexity index is 609. The molecular weight excluding hydrogens is 272 g/mol. The zero-order valence-corrected chi connectivity index (χ0v) is 12.3. The van der Waals surface area contributed by atoms with E-state index in [4.69, 9.17) is 4.74 Å². The summed E-state index contributed by atoms with van der Waals surface area (Å²) in [5.41, 5.74) is 0.558. The van der Waals surface area contributed by atoms with Crippen molar-refractivity contribution in [3.63, 3.8) is 0 Å². The van der Waals surface area contributed by atoms with Crippen LogP contribution in [0.2, 0.25) is 0 Å². The van der Waals surface area contributed by atoms with Gasteiger partial charge in [-0.3, -0.25) is 0 Å². The van der Waals surface area contributed by atoms with Gasteiger partial charge in [-0.1, -0.05) is 19.9 Å². The molecule has 7 heteroatoms. The molecular formula is C14H20N4O3. The molecule has 0 spiro atoms. The number of hydrogen-bond donors (Lipinski definition) is 1. The molecule has 2 heterocycles. The number of nitrogens with one attached hydrogen (secondary N) is 1. The number of hydrogen-bond acceptors (Lipinski definition) is 5. The first kappa shape index (κ1) is 15.2. The van der Waals surface area contributed by atoms with E-state index >= 15 is 0 Å². The van der Waals surface area contributed by atoms with E-state index in [2.05, 4.69) is 24.1 Å². The Hall–Kier alpha value is -2.15. The molecule has 0 radical (unpaired) electrons. The van der Waals surface area contributed by atoms with Gasteiger partial charge in [0.2, 0.25) is 11.5 Å². The summed E-state index contributed by atoms with van der Waals surface area (Å²) in [5, 5.41) is 14.2. The van der Waals surface area contributed by atoms with Crippen molar-refractivity contribution in [1.82, 2.24) is 9.38 Å². The lowest BCUT2D eigenvalue weighted by Gasteiger charge is -2.07. The number of nitro groups is 1. The smallest absolute Gasteiger partial charge is 0.372 e. The summed E-state index contributed by atoms with van der Waals surface area (Å²) in [6.45, 7) is 6.14. The molecule has 0 saturated heterocycles. The van der Waals surface area contributed by atoms with Gasteiger partial charge in [0.1, 0.15) is 0 Å². The van der Waals surface area contributed by atoms with Crippen LogP contribution in [0.5, 0.6) is 0 Å². The summed E-state index contributed by atoms with van der Waals surface area (Å²) >= 11 is 0. The Morgan fingerprint density at radius 3 is 3.00 bits per heavy atom. The summed E-state index contributed by atoms with van der Waals surface area (Å²) in [5.74, 6) is 0.779. The Morgan fingerprint density at radius 2 is 2.29 bits per heavy atom. The fourth-order valence-electron chi connectivity index (χ4n) is 1.98. The van der Waals surface area contributed by atoms with Gasteiger partial charge in [0.05, 0.1) is 6.20 Å². The SMILES string of the molecule is CC(C)COCCCNc1nc2ccccn2c1[N+](=O)[O-]. The molecule has 0 aromatic carbocycles. The minimum absolute atomic E-state index is 0.0336. The van der Waals surface area contributed by atoms with E-state index in [1.54, 1.807) is 24.4 Å². The van der Waals surface area contributed by atoms with Crippen molar-refractivity contribution in [1.29, 1.82) is 0 Å². The van der Waals surface area contributed by atoms with Gasteiger partial charge in [0.15, 0.2) is 0 Å². The molecule has 2 aromatic rings. The number of fused-ring (bicyclic) bond motifs is 1. The summed E-state index contributed by atoms with van der Waals surface area (Å²) in [6, 6.07) is 5.28. The molecule has 21 heavy (non-hydrogen) atoms. The molecule has 0 aliphatic rings. The first-order valence-electron chi connectivity index (χ1n) is 7.02. The van der Waals surface area contributed by atoms with Crippen LogP contribution in [0.3, 0.4) is 0 Å². The molecule has 2 aromatic heterocycles. The highest BCUT2D eigenvalue weighted by Gasteiger charge is 2.21. The van der Waals surface area contributed by atoms with Crippen molar-refractivity contribution in [2.24, 2.45) is 5.92 Å². The summed E-state index contributed by atoms with van der Waals surface area (Å²) in [6.07, 6.45) is 2.41. The topological polar surface area (TPSA) is 81.7 Å². The lowest BCUT2D eigenvalue weighted by molar-refractivity contribution is -0.389. The van der Waals surface area contributed by atoms with Crippen LogP contribution in [0, 0.1) is 16.0 Å². The van der Waals surface area contributed by atoms with Crippen LogP contribution in [0.15, 0.2) is 24.4 Å². The average molecular weight is 292 g/mol. The van der Waals surface area contributed by atoms with Crippen molar-refractivity contribution >= 4 is 17.3 Å². The lowest BCUT2D eigenvalue weighted by atomic mass is 10.2. The normalized spacial score (nSPS) is 11.2. The monoisotopic (exact) mass is 292 g/mol. The third-order valence-electron chi connectivity index (χ3n) is 2.89. The Labute approximate surface area is 123 Å². The number of imidazole rings is 1. The molecule has 0 unspecified atom stereocenters. The number of nitrogens with zero attached hydrogens (tertiary/aromatic N) is 3. The predicted octanol–water partition coefficient (Wildman–Crippen LogP) is 2.72. The van der Waals surface area contributed by atoms with Gasteiger partial charge in [-0.25, -0.2) is 0 Å². The fraction of sp³-hybridized carbons (Fsp3) is 0.500. The van der Waals surface area contributed by atoms with E-state index in [-0.39, 0.29) is 5.82 Å². The predicted molar refractivity (Wildman–Crippen MR) is 80.6 cm³/mol. The summed E-state index contributed by atoms with van der Waals surface area (Å²) in [7, 11) is 0. The van der Waals surface area contributed by atoms with E-state index in [0.29, 0.717) is 30.5 Å². The van der Waals surface area contributed by atoms with Crippen molar-refractivity contribution < 1.29 is 9.66 Å². The Morgan fingerprint density at radius 1 is 1.48 bits per heavy atom. The number of aromatic nitrogens is 2. The molecule has 0 saturated carbocycles. The maximum Gasteiger partial charge on any atom is 0.372 e. The van der Waals surface area contributed by atoms with Gasteiger partial charge >= 0.3 is 5.82 Å². The van der Waals surface area contributed by atoms with Gasteiger partial charge in [-0.2, -0.15) is 9.38 Å². The molecule has 0 atom stereocenters. The molecule has 0 bridgehead atoms. The van der Waals surface area contributed by atoms with Crippen LogP contribution in [-0.2, 0) is 4.74 Å². The zero-order chi connectivity index (χ0) is 15.2. The molecule has 0 aliphatic carbocycles. The first-order chi connectivity index (χ1) is 10.1. The summed E-state index contributed by atoms with van der Waals surface area (Å²) in [4.78, 5) is 15.0. The van der Waals surface area contributed by atoms with Crippen LogP contribution >= 0.6 is 0 Å². The largest absolute Gasteiger partial charge is 0.381 e. The molecule has 0 amide bonds. The third kappa shape index (κ3) is 3.91. The summed E-state index contributed by atoms with van der Waals surface area (Å²) < 4.78 is 6.94. The Balaban J connectivity index is 1.95. The van der Waals surface area contributed by atoms with Crippen LogP contribution in [0.25, 0.3) is 5.65 Å². The molecule has 7 nitrogen and oxygen atoms in total. The quantitative estimate of drug-likeness (QED) is 0.459. The molecule has 0 aliphatic heterocycles. The zero-order valence-electron chi connectivity index (χ0n) is 12.3. The van der Waals surface area contributed by atoms with Crippen molar-refractivity contribution in [3.8, 4) is 0 Å². The fourth-order valence-corrected chi connectivity index (χ4v) is 1.98. The number of rotatable bonds is 8. The standard InChI is InChI=1S/C14H20N4O3/c1-11(2)10-21-9-5-7-15-13-14(18(19)20)17-8-4-3-6-12(17)16-13/h3-4,6,8,11,15H,5,7,9-10H2,1-2H3. The minimum Gasteiger partial charge on any atom is -0.381 e. The molecule has 114 valence electrons. The second-order valence-corrected chi connectivity index (χ2v) is 5.22. The number of pyridine rings is 1. The molecule has 2 rings (SSSR count).